The summed E-state index contributed by atoms with van der Waals surface area (Å²) in [7, 11) is 0. The summed E-state index contributed by atoms with van der Waals surface area (Å²) in [5.41, 5.74) is 0. The van der Waals surface area contributed by atoms with Crippen LogP contribution in [0.15, 0.2) is 12.3 Å². The predicted molar refractivity (Wildman–Crippen MR) is 88.2 cm³/mol. The molecule has 0 saturated heterocycles. The summed E-state index contributed by atoms with van der Waals surface area (Å²) >= 11 is 0. The molecule has 20 heavy (non-hydrogen) atoms. The van der Waals surface area contributed by atoms with Crippen LogP contribution in [0.25, 0.3) is 0 Å². The van der Waals surface area contributed by atoms with Crippen molar-refractivity contribution < 1.29 is 4.65 Å². The first-order chi connectivity index (χ1) is 9.77. The van der Waals surface area contributed by atoms with Crippen LogP contribution < -0.4 is 0 Å². The first-order valence-electron chi connectivity index (χ1n) is 9.02. The van der Waals surface area contributed by atoms with Crippen molar-refractivity contribution in [2.45, 2.75) is 90.4 Å². The van der Waals surface area contributed by atoms with E-state index in [2.05, 4.69) is 6.92 Å². The van der Waals surface area contributed by atoms with E-state index in [-0.39, 0.29) is 4.65 Å². The maximum atomic E-state index is 12.0. The third-order valence-corrected chi connectivity index (χ3v) is 4.44. The molecule has 0 spiro atoms. The van der Waals surface area contributed by atoms with Crippen LogP contribution >= 0.6 is 0 Å². The second-order valence-corrected chi connectivity index (χ2v) is 6.46. The number of hydroxylamine groups is 3. The van der Waals surface area contributed by atoms with Gasteiger partial charge >= 0.3 is 0 Å². The molecule has 118 valence electrons. The van der Waals surface area contributed by atoms with Crippen LogP contribution in [-0.4, -0.2) is 17.7 Å². The summed E-state index contributed by atoms with van der Waals surface area (Å²) < 4.78 is -0.0578. The van der Waals surface area contributed by atoms with Gasteiger partial charge in [-0.15, -0.1) is 0 Å². The standard InChI is InChI=1S/C18H35NO/c1-2-3-4-5-6-7-8-9-10-11-12-13-16-19(20)17-14-15-18-19/h14,17H,2-13,15-16,18H2,1H3. The molecule has 1 heterocycles. The van der Waals surface area contributed by atoms with Crippen LogP contribution in [0.5, 0.6) is 0 Å². The molecule has 0 aromatic rings. The third kappa shape index (κ3) is 8.76. The minimum atomic E-state index is -0.0578. The Kier molecular flexibility index (Phi) is 10.0. The second-order valence-electron chi connectivity index (χ2n) is 6.46. The van der Waals surface area contributed by atoms with Crippen molar-refractivity contribution in [1.29, 1.82) is 0 Å². The highest BCUT2D eigenvalue weighted by Crippen LogP contribution is 2.18. The molecule has 0 N–H and O–H groups in total. The van der Waals surface area contributed by atoms with E-state index in [0.29, 0.717) is 0 Å². The van der Waals surface area contributed by atoms with Crippen molar-refractivity contribution in [3.63, 3.8) is 0 Å². The van der Waals surface area contributed by atoms with E-state index in [1.807, 2.05) is 12.3 Å². The molecule has 0 radical (unpaired) electrons. The zero-order chi connectivity index (χ0) is 14.5. The maximum Gasteiger partial charge on any atom is 0.0920 e. The van der Waals surface area contributed by atoms with Crippen molar-refractivity contribution in [2.75, 3.05) is 13.1 Å². The Morgan fingerprint density at radius 3 is 1.75 bits per heavy atom. The summed E-state index contributed by atoms with van der Waals surface area (Å²) in [4.78, 5) is 0. The van der Waals surface area contributed by atoms with Gasteiger partial charge in [-0.05, 0) is 18.9 Å². The van der Waals surface area contributed by atoms with Gasteiger partial charge < -0.3 is 9.85 Å². The SMILES string of the molecule is CCCCCCCCCCCCCC[N+]1([O-])C=CCC1. The molecule has 2 heteroatoms. The minimum Gasteiger partial charge on any atom is -0.628 e. The Labute approximate surface area is 126 Å². The van der Waals surface area contributed by atoms with Crippen molar-refractivity contribution in [3.05, 3.63) is 17.5 Å². The molecule has 0 aromatic carbocycles. The maximum absolute atomic E-state index is 12.0. The molecule has 1 atom stereocenters. The fourth-order valence-corrected chi connectivity index (χ4v) is 3.04. The summed E-state index contributed by atoms with van der Waals surface area (Å²) in [5, 5.41) is 12.0. The highest BCUT2D eigenvalue weighted by molar-refractivity contribution is 4.82. The van der Waals surface area contributed by atoms with Gasteiger partial charge in [-0.1, -0.05) is 71.1 Å². The Morgan fingerprint density at radius 1 is 0.800 bits per heavy atom. The Hall–Kier alpha value is -0.340. The van der Waals surface area contributed by atoms with Crippen molar-refractivity contribution in [3.8, 4) is 0 Å². The predicted octanol–water partition coefficient (Wildman–Crippen LogP) is 5.92. The summed E-state index contributed by atoms with van der Waals surface area (Å²) in [6.45, 7) is 3.85. The van der Waals surface area contributed by atoms with Crippen LogP contribution in [0.2, 0.25) is 0 Å². The molecule has 0 amide bonds. The van der Waals surface area contributed by atoms with Gasteiger partial charge in [0.1, 0.15) is 0 Å². The smallest absolute Gasteiger partial charge is 0.0920 e. The highest BCUT2D eigenvalue weighted by atomic mass is 16.5. The van der Waals surface area contributed by atoms with Crippen LogP contribution in [0.4, 0.5) is 0 Å². The number of unbranched alkanes of at least 4 members (excludes halogenated alkanes) is 11. The number of nitrogens with zero attached hydrogens (tertiary/aromatic N) is 1. The van der Waals surface area contributed by atoms with E-state index >= 15 is 0 Å². The third-order valence-electron chi connectivity index (χ3n) is 4.44. The lowest BCUT2D eigenvalue weighted by atomic mass is 10.1. The lowest BCUT2D eigenvalue weighted by Gasteiger charge is -2.35. The highest BCUT2D eigenvalue weighted by Gasteiger charge is 2.16. The normalized spacial score (nSPS) is 21.7. The van der Waals surface area contributed by atoms with E-state index in [1.165, 1.54) is 70.6 Å². The quantitative estimate of drug-likeness (QED) is 0.233. The molecule has 0 saturated carbocycles. The van der Waals surface area contributed by atoms with Crippen molar-refractivity contribution in [1.82, 2.24) is 0 Å². The van der Waals surface area contributed by atoms with E-state index in [4.69, 9.17) is 0 Å². The van der Waals surface area contributed by atoms with Gasteiger partial charge in [0.25, 0.3) is 0 Å². The van der Waals surface area contributed by atoms with Gasteiger partial charge in [-0.3, -0.25) is 0 Å². The molecule has 0 fully saturated rings. The first-order valence-corrected chi connectivity index (χ1v) is 9.02. The van der Waals surface area contributed by atoms with Crippen molar-refractivity contribution >= 4 is 0 Å². The monoisotopic (exact) mass is 281 g/mol. The largest absolute Gasteiger partial charge is 0.628 e. The Morgan fingerprint density at radius 2 is 1.30 bits per heavy atom. The molecular formula is C18H35NO. The summed E-state index contributed by atoms with van der Waals surface area (Å²) in [6.07, 6.45) is 21.2. The Bertz CT molecular complexity index is 252. The van der Waals surface area contributed by atoms with E-state index in [1.54, 1.807) is 0 Å². The van der Waals surface area contributed by atoms with Gasteiger partial charge in [0.2, 0.25) is 0 Å². The van der Waals surface area contributed by atoms with E-state index in [9.17, 15) is 5.21 Å². The molecular weight excluding hydrogens is 246 g/mol. The fourth-order valence-electron chi connectivity index (χ4n) is 3.04. The van der Waals surface area contributed by atoms with Gasteiger partial charge in [-0.25, -0.2) is 0 Å². The zero-order valence-corrected chi connectivity index (χ0v) is 13.6. The van der Waals surface area contributed by atoms with Gasteiger partial charge in [-0.2, -0.15) is 0 Å². The molecule has 1 rings (SSSR count). The zero-order valence-electron chi connectivity index (χ0n) is 13.6. The number of hydrogen-bond donors (Lipinski definition) is 0. The Balaban J connectivity index is 1.75. The molecule has 0 aliphatic carbocycles. The molecule has 2 nitrogen and oxygen atoms in total. The van der Waals surface area contributed by atoms with Gasteiger partial charge in [0, 0.05) is 6.42 Å². The van der Waals surface area contributed by atoms with Gasteiger partial charge in [0.05, 0.1) is 19.3 Å². The lowest BCUT2D eigenvalue weighted by molar-refractivity contribution is -0.823. The van der Waals surface area contributed by atoms with Crippen LogP contribution in [-0.2, 0) is 0 Å². The number of hydrogen-bond acceptors (Lipinski definition) is 1. The van der Waals surface area contributed by atoms with Crippen LogP contribution in [0.1, 0.15) is 90.4 Å². The van der Waals surface area contributed by atoms with Crippen LogP contribution in [0, 0.1) is 5.21 Å². The molecule has 0 bridgehead atoms. The minimum absolute atomic E-state index is 0.0578. The van der Waals surface area contributed by atoms with Gasteiger partial charge in [0.15, 0.2) is 0 Å². The molecule has 1 unspecified atom stereocenters. The van der Waals surface area contributed by atoms with E-state index < -0.39 is 0 Å². The fraction of sp³-hybridized carbons (Fsp3) is 0.889. The summed E-state index contributed by atoms with van der Waals surface area (Å²) in [6, 6.07) is 0. The number of quaternary nitrogens is 1. The molecule has 1 aliphatic rings. The second kappa shape index (κ2) is 11.3. The number of rotatable bonds is 13. The lowest BCUT2D eigenvalue weighted by Crippen LogP contribution is -2.34. The van der Waals surface area contributed by atoms with Crippen LogP contribution in [0.3, 0.4) is 0 Å². The van der Waals surface area contributed by atoms with E-state index in [0.717, 1.165) is 25.9 Å². The van der Waals surface area contributed by atoms with Crippen molar-refractivity contribution in [2.24, 2.45) is 0 Å². The average Bonchev–Trinajstić information content (AvgIpc) is 2.87. The first kappa shape index (κ1) is 17.7. The summed E-state index contributed by atoms with van der Waals surface area (Å²) in [5.74, 6) is 0. The average molecular weight is 281 g/mol. The molecule has 0 aromatic heterocycles. The molecule has 1 aliphatic heterocycles. The topological polar surface area (TPSA) is 23.1 Å².